The summed E-state index contributed by atoms with van der Waals surface area (Å²) in [6.07, 6.45) is 0. The number of nitrogens with zero attached hydrogens (tertiary/aromatic N) is 2. The molecule has 0 aliphatic heterocycles. The molecule has 106 valence electrons. The largest absolute Gasteiger partial charge is 0.497 e. The van der Waals surface area contributed by atoms with Gasteiger partial charge in [-0.15, -0.1) is 0 Å². The minimum absolute atomic E-state index is 0.296. The zero-order valence-electron chi connectivity index (χ0n) is 11.6. The van der Waals surface area contributed by atoms with Crippen molar-refractivity contribution in [2.24, 2.45) is 7.05 Å². The van der Waals surface area contributed by atoms with E-state index in [0.717, 1.165) is 22.2 Å². The maximum Gasteiger partial charge on any atom is 0.348 e. The van der Waals surface area contributed by atoms with Crippen molar-refractivity contribution in [3.05, 3.63) is 58.0 Å². The minimum atomic E-state index is -0.296. The molecule has 0 fully saturated rings. The second-order valence-electron chi connectivity index (χ2n) is 4.69. The molecular weight excluding hydrogens is 288 g/mol. The van der Waals surface area contributed by atoms with E-state index < -0.39 is 0 Å². The second-order valence-corrected chi connectivity index (χ2v) is 5.13. The van der Waals surface area contributed by atoms with Crippen LogP contribution in [-0.2, 0) is 7.05 Å². The van der Waals surface area contributed by atoms with Crippen LogP contribution in [0.1, 0.15) is 0 Å². The van der Waals surface area contributed by atoms with E-state index in [1.54, 1.807) is 20.2 Å². The number of halogens is 1. The highest BCUT2D eigenvalue weighted by Crippen LogP contribution is 2.28. The molecule has 2 aromatic carbocycles. The molecule has 0 N–H and O–H groups in total. The van der Waals surface area contributed by atoms with Gasteiger partial charge in [0.1, 0.15) is 5.75 Å². The number of benzene rings is 2. The maximum atomic E-state index is 12.0. The molecule has 0 aliphatic carbocycles. The van der Waals surface area contributed by atoms with Gasteiger partial charge in [0.15, 0.2) is 0 Å². The molecule has 0 saturated carbocycles. The van der Waals surface area contributed by atoms with Gasteiger partial charge in [0.25, 0.3) is 0 Å². The highest BCUT2D eigenvalue weighted by molar-refractivity contribution is 6.31. The fourth-order valence-corrected chi connectivity index (χ4v) is 2.47. The summed E-state index contributed by atoms with van der Waals surface area (Å²) in [6.45, 7) is 0. The van der Waals surface area contributed by atoms with Gasteiger partial charge in [-0.25, -0.2) is 4.79 Å². The highest BCUT2D eigenvalue weighted by Gasteiger charge is 2.11. The lowest BCUT2D eigenvalue weighted by Crippen LogP contribution is -2.21. The first-order valence-electron chi connectivity index (χ1n) is 6.41. The molecular formula is C16H13ClN2O2. The molecule has 5 heteroatoms. The molecule has 21 heavy (non-hydrogen) atoms. The van der Waals surface area contributed by atoms with E-state index >= 15 is 0 Å². The van der Waals surface area contributed by atoms with Gasteiger partial charge < -0.3 is 4.74 Å². The third-order valence-electron chi connectivity index (χ3n) is 3.43. The maximum absolute atomic E-state index is 12.0. The SMILES string of the molecule is COc1ccc(-c2nc(=O)n(C)c3ccc(Cl)cc23)cc1. The fraction of sp³-hybridized carbons (Fsp3) is 0.125. The first-order chi connectivity index (χ1) is 10.1. The third-order valence-corrected chi connectivity index (χ3v) is 3.67. The molecule has 0 bridgehead atoms. The number of fused-ring (bicyclic) bond motifs is 1. The predicted octanol–water partition coefficient (Wildman–Crippen LogP) is 3.26. The number of aromatic nitrogens is 2. The number of hydrogen-bond donors (Lipinski definition) is 0. The van der Waals surface area contributed by atoms with Crippen LogP contribution in [0.15, 0.2) is 47.3 Å². The van der Waals surface area contributed by atoms with Crippen LogP contribution in [0.5, 0.6) is 5.75 Å². The predicted molar refractivity (Wildman–Crippen MR) is 84.0 cm³/mol. The Kier molecular flexibility index (Phi) is 3.39. The summed E-state index contributed by atoms with van der Waals surface area (Å²) in [4.78, 5) is 16.2. The molecule has 1 aromatic heterocycles. The standard InChI is InChI=1S/C16H13ClN2O2/c1-19-14-8-5-11(17)9-13(14)15(18-16(19)20)10-3-6-12(21-2)7-4-10/h3-9H,1-2H3. The van der Waals surface area contributed by atoms with Crippen LogP contribution in [0.25, 0.3) is 22.2 Å². The average molecular weight is 301 g/mol. The Morgan fingerprint density at radius 1 is 1.14 bits per heavy atom. The topological polar surface area (TPSA) is 44.1 Å². The lowest BCUT2D eigenvalue weighted by atomic mass is 10.1. The van der Waals surface area contributed by atoms with E-state index in [9.17, 15) is 4.79 Å². The van der Waals surface area contributed by atoms with Crippen LogP contribution in [-0.4, -0.2) is 16.7 Å². The van der Waals surface area contributed by atoms with Gasteiger partial charge in [-0.1, -0.05) is 11.6 Å². The summed E-state index contributed by atoms with van der Waals surface area (Å²) < 4.78 is 6.66. The summed E-state index contributed by atoms with van der Waals surface area (Å²) in [5, 5.41) is 1.45. The van der Waals surface area contributed by atoms with E-state index in [1.165, 1.54) is 4.57 Å². The minimum Gasteiger partial charge on any atom is -0.497 e. The number of aryl methyl sites for hydroxylation is 1. The van der Waals surface area contributed by atoms with Crippen molar-refractivity contribution in [1.29, 1.82) is 0 Å². The van der Waals surface area contributed by atoms with Crippen LogP contribution in [0, 0.1) is 0 Å². The van der Waals surface area contributed by atoms with Crippen molar-refractivity contribution in [2.45, 2.75) is 0 Å². The van der Waals surface area contributed by atoms with Gasteiger partial charge in [0.2, 0.25) is 0 Å². The van der Waals surface area contributed by atoms with E-state index in [2.05, 4.69) is 4.98 Å². The Balaban J connectivity index is 2.32. The first-order valence-corrected chi connectivity index (χ1v) is 6.78. The number of rotatable bonds is 2. The molecule has 3 aromatic rings. The van der Waals surface area contributed by atoms with Gasteiger partial charge in [-0.2, -0.15) is 4.98 Å². The van der Waals surface area contributed by atoms with Gasteiger partial charge in [0.05, 0.1) is 18.3 Å². The highest BCUT2D eigenvalue weighted by atomic mass is 35.5. The lowest BCUT2D eigenvalue weighted by Gasteiger charge is -2.10. The zero-order chi connectivity index (χ0) is 15.0. The normalized spacial score (nSPS) is 10.8. The van der Waals surface area contributed by atoms with E-state index in [0.29, 0.717) is 10.7 Å². The van der Waals surface area contributed by atoms with Gasteiger partial charge in [0, 0.05) is 23.0 Å². The van der Waals surface area contributed by atoms with Crippen LogP contribution in [0.3, 0.4) is 0 Å². The molecule has 0 radical (unpaired) electrons. The summed E-state index contributed by atoms with van der Waals surface area (Å²) in [5.74, 6) is 0.755. The van der Waals surface area contributed by atoms with Crippen LogP contribution in [0.2, 0.25) is 5.02 Å². The summed E-state index contributed by atoms with van der Waals surface area (Å²) >= 11 is 6.08. The number of hydrogen-bond acceptors (Lipinski definition) is 3. The third kappa shape index (κ3) is 2.38. The summed E-state index contributed by atoms with van der Waals surface area (Å²) in [7, 11) is 3.31. The van der Waals surface area contributed by atoms with Crippen molar-refractivity contribution in [2.75, 3.05) is 7.11 Å². The molecule has 0 saturated heterocycles. The Hall–Kier alpha value is -2.33. The lowest BCUT2D eigenvalue weighted by molar-refractivity contribution is 0.415. The van der Waals surface area contributed by atoms with Crippen LogP contribution in [0.4, 0.5) is 0 Å². The van der Waals surface area contributed by atoms with E-state index in [1.807, 2.05) is 36.4 Å². The molecule has 0 atom stereocenters. The average Bonchev–Trinajstić information content (AvgIpc) is 2.51. The molecule has 4 nitrogen and oxygen atoms in total. The zero-order valence-corrected chi connectivity index (χ0v) is 12.4. The Morgan fingerprint density at radius 3 is 2.52 bits per heavy atom. The Morgan fingerprint density at radius 2 is 1.86 bits per heavy atom. The van der Waals surface area contributed by atoms with Crippen molar-refractivity contribution in [3.8, 4) is 17.0 Å². The van der Waals surface area contributed by atoms with Crippen molar-refractivity contribution >= 4 is 22.5 Å². The molecule has 0 unspecified atom stereocenters. The van der Waals surface area contributed by atoms with Crippen molar-refractivity contribution in [3.63, 3.8) is 0 Å². The Labute approximate surface area is 126 Å². The molecule has 0 spiro atoms. The quantitative estimate of drug-likeness (QED) is 0.729. The number of ether oxygens (including phenoxy) is 1. The summed E-state index contributed by atoms with van der Waals surface area (Å²) in [5.41, 5.74) is 1.97. The Bertz CT molecular complexity index is 870. The smallest absolute Gasteiger partial charge is 0.348 e. The first kappa shape index (κ1) is 13.6. The van der Waals surface area contributed by atoms with E-state index in [4.69, 9.17) is 16.3 Å². The van der Waals surface area contributed by atoms with E-state index in [-0.39, 0.29) is 5.69 Å². The summed E-state index contributed by atoms with van der Waals surface area (Å²) in [6, 6.07) is 12.8. The van der Waals surface area contributed by atoms with Gasteiger partial charge in [-0.05, 0) is 42.5 Å². The van der Waals surface area contributed by atoms with Crippen LogP contribution < -0.4 is 10.4 Å². The van der Waals surface area contributed by atoms with Crippen molar-refractivity contribution in [1.82, 2.24) is 9.55 Å². The van der Waals surface area contributed by atoms with Crippen molar-refractivity contribution < 1.29 is 4.74 Å². The fourth-order valence-electron chi connectivity index (χ4n) is 2.29. The van der Waals surface area contributed by atoms with Gasteiger partial charge in [-0.3, -0.25) is 4.57 Å². The molecule has 3 rings (SSSR count). The number of methoxy groups -OCH3 is 1. The second kappa shape index (κ2) is 5.22. The molecule has 1 heterocycles. The van der Waals surface area contributed by atoms with Crippen LogP contribution >= 0.6 is 11.6 Å². The van der Waals surface area contributed by atoms with Gasteiger partial charge >= 0.3 is 5.69 Å². The molecule has 0 aliphatic rings. The molecule has 0 amide bonds. The monoisotopic (exact) mass is 300 g/mol.